The van der Waals surface area contributed by atoms with Crippen LogP contribution < -0.4 is 26.0 Å². The van der Waals surface area contributed by atoms with Crippen molar-refractivity contribution >= 4 is 40.5 Å². The number of pyridine rings is 1. The van der Waals surface area contributed by atoms with Gasteiger partial charge in [-0.15, -0.1) is 0 Å². The van der Waals surface area contributed by atoms with E-state index in [0.29, 0.717) is 58.8 Å². The third-order valence-corrected chi connectivity index (χ3v) is 12.2. The SMILES string of the molecule is C=CC(=O)Nc1cc(Nc2nc(-c3ccnc(N4CCn5c(cc6c5CC(C)(C)C6)C4=O)c3CO)cn(C)c2=O)ccc1N1CCC(N2C[C@@H](C)O[C@@H](C)C2)C[C@@H]1C. The van der Waals surface area contributed by atoms with Crippen LogP contribution in [0.5, 0.6) is 0 Å². The molecule has 306 valence electrons. The minimum absolute atomic E-state index is 0.0588. The highest BCUT2D eigenvalue weighted by Gasteiger charge is 2.38. The van der Waals surface area contributed by atoms with Crippen LogP contribution in [0.2, 0.25) is 0 Å². The lowest BCUT2D eigenvalue weighted by atomic mass is 9.90. The average molecular weight is 790 g/mol. The Morgan fingerprint density at radius 1 is 1.07 bits per heavy atom. The Kier molecular flexibility index (Phi) is 10.5. The fourth-order valence-electron chi connectivity index (χ4n) is 9.68. The predicted octanol–water partition coefficient (Wildman–Crippen LogP) is 5.26. The molecule has 4 aromatic rings. The number of rotatable bonds is 9. The van der Waals surface area contributed by atoms with Gasteiger partial charge in [-0.05, 0) is 93.8 Å². The summed E-state index contributed by atoms with van der Waals surface area (Å²) in [6, 6.07) is 10.1. The van der Waals surface area contributed by atoms with Crippen LogP contribution >= 0.6 is 0 Å². The molecule has 1 aliphatic carbocycles. The molecule has 3 N–H and O–H groups in total. The highest BCUT2D eigenvalue weighted by Crippen LogP contribution is 2.41. The van der Waals surface area contributed by atoms with E-state index in [1.54, 1.807) is 30.4 Å². The number of anilines is 5. The van der Waals surface area contributed by atoms with Crippen molar-refractivity contribution in [3.05, 3.63) is 88.2 Å². The smallest absolute Gasteiger partial charge is 0.293 e. The van der Waals surface area contributed by atoms with E-state index >= 15 is 0 Å². The molecule has 0 saturated carbocycles. The van der Waals surface area contributed by atoms with Crippen LogP contribution in [0.4, 0.5) is 28.7 Å². The first-order valence-corrected chi connectivity index (χ1v) is 20.4. The van der Waals surface area contributed by atoms with Gasteiger partial charge < -0.3 is 34.5 Å². The van der Waals surface area contributed by atoms with Crippen LogP contribution in [0, 0.1) is 5.41 Å². The maximum absolute atomic E-state index is 14.0. The molecule has 0 spiro atoms. The van der Waals surface area contributed by atoms with Crippen LogP contribution in [-0.2, 0) is 42.6 Å². The summed E-state index contributed by atoms with van der Waals surface area (Å²) in [5.41, 5.74) is 6.35. The number of nitrogens with one attached hydrogen (secondary N) is 2. The number of hydrogen-bond donors (Lipinski definition) is 3. The lowest BCUT2D eigenvalue weighted by Crippen LogP contribution is -2.55. The van der Waals surface area contributed by atoms with E-state index in [-0.39, 0.29) is 46.9 Å². The van der Waals surface area contributed by atoms with Gasteiger partial charge >= 0.3 is 0 Å². The summed E-state index contributed by atoms with van der Waals surface area (Å²) in [5, 5.41) is 17.0. The number of nitrogens with zero attached hydrogens (tertiary/aromatic N) is 7. The van der Waals surface area contributed by atoms with Gasteiger partial charge in [-0.1, -0.05) is 20.4 Å². The number of hydrogen-bond acceptors (Lipinski definition) is 10. The van der Waals surface area contributed by atoms with E-state index < -0.39 is 6.61 Å². The summed E-state index contributed by atoms with van der Waals surface area (Å²) >= 11 is 0. The molecule has 0 bridgehead atoms. The van der Waals surface area contributed by atoms with E-state index in [2.05, 4.69) is 71.2 Å². The van der Waals surface area contributed by atoms with Crippen molar-refractivity contribution in [3.63, 3.8) is 0 Å². The number of aryl methyl sites for hydroxylation is 1. The fraction of sp³-hybridized carbons (Fsp3) is 0.477. The first kappa shape index (κ1) is 39.5. The molecular formula is C44H55N9O5. The third-order valence-electron chi connectivity index (χ3n) is 12.2. The van der Waals surface area contributed by atoms with Crippen molar-refractivity contribution in [2.45, 2.75) is 97.7 Å². The monoisotopic (exact) mass is 789 g/mol. The highest BCUT2D eigenvalue weighted by atomic mass is 16.5. The van der Waals surface area contributed by atoms with Gasteiger partial charge in [-0.2, -0.15) is 0 Å². The lowest BCUT2D eigenvalue weighted by Gasteiger charge is -2.46. The molecule has 4 atom stereocenters. The molecule has 58 heavy (non-hydrogen) atoms. The van der Waals surface area contributed by atoms with E-state index in [4.69, 9.17) is 9.72 Å². The number of aliphatic hydroxyl groups excluding tert-OH is 1. The topological polar surface area (TPSA) is 150 Å². The zero-order valence-corrected chi connectivity index (χ0v) is 34.4. The number of piperidine rings is 1. The molecule has 0 radical (unpaired) electrons. The zero-order chi connectivity index (χ0) is 41.0. The summed E-state index contributed by atoms with van der Waals surface area (Å²) in [5.74, 6) is -0.0692. The number of carbonyl (C=O) groups is 2. The molecule has 8 rings (SSSR count). The van der Waals surface area contributed by atoms with Crippen molar-refractivity contribution in [3.8, 4) is 11.3 Å². The maximum atomic E-state index is 14.0. The Morgan fingerprint density at radius 2 is 1.84 bits per heavy atom. The second kappa shape index (κ2) is 15.5. The van der Waals surface area contributed by atoms with Crippen molar-refractivity contribution < 1.29 is 19.4 Å². The summed E-state index contributed by atoms with van der Waals surface area (Å²) in [4.78, 5) is 56.2. The van der Waals surface area contributed by atoms with E-state index in [1.807, 2.05) is 24.3 Å². The quantitative estimate of drug-likeness (QED) is 0.192. The molecule has 3 aromatic heterocycles. The average Bonchev–Trinajstić information content (AvgIpc) is 3.68. The molecule has 6 heterocycles. The minimum atomic E-state index is -0.393. The molecule has 2 fully saturated rings. The summed E-state index contributed by atoms with van der Waals surface area (Å²) < 4.78 is 9.57. The Bertz CT molecular complexity index is 2320. The van der Waals surface area contributed by atoms with Crippen LogP contribution in [0.1, 0.15) is 74.8 Å². The number of ether oxygens (including phenoxy) is 1. The van der Waals surface area contributed by atoms with E-state index in [9.17, 15) is 19.5 Å². The molecule has 14 nitrogen and oxygen atoms in total. The number of aromatic nitrogens is 4. The molecule has 2 saturated heterocycles. The second-order valence-corrected chi connectivity index (χ2v) is 17.3. The van der Waals surface area contributed by atoms with Crippen LogP contribution in [0.25, 0.3) is 11.3 Å². The number of amides is 2. The maximum Gasteiger partial charge on any atom is 0.293 e. The standard InChI is InChI=1S/C44H55N9O5/c1-8-39(55)47-34-19-30(9-10-36(34)51-14-12-31(17-26(51)2)50-22-27(3)58-28(4)23-50)46-40-43(57)49(7)24-35(48-40)32-11-13-45-41(33(32)25-54)53-16-15-52-37(42(53)56)18-29-20-44(5,6)21-38(29)52/h8-11,13,18-19,24,26-28,31,54H,1,12,14-17,20-23,25H2,2-7H3,(H,46,48)(H,47,55)/t26-,27-,28+,31?/m0/s1. The first-order chi connectivity index (χ1) is 27.7. The molecule has 3 aliphatic heterocycles. The summed E-state index contributed by atoms with van der Waals surface area (Å²) in [6.07, 6.45) is 8.70. The lowest BCUT2D eigenvalue weighted by molar-refractivity contribution is -0.111. The third kappa shape index (κ3) is 7.44. The molecule has 2 amide bonds. The molecule has 1 aromatic carbocycles. The number of benzene rings is 1. The molecule has 14 heteroatoms. The van der Waals surface area contributed by atoms with Gasteiger partial charge in [0.15, 0.2) is 5.82 Å². The van der Waals surface area contributed by atoms with Gasteiger partial charge in [0.25, 0.3) is 11.5 Å². The largest absolute Gasteiger partial charge is 0.392 e. The van der Waals surface area contributed by atoms with Crippen molar-refractivity contribution in [1.29, 1.82) is 0 Å². The number of carbonyl (C=O) groups excluding carboxylic acids is 2. The van der Waals surface area contributed by atoms with E-state index in [1.165, 1.54) is 21.9 Å². The fourth-order valence-corrected chi connectivity index (χ4v) is 9.68. The number of aliphatic hydroxyl groups is 1. The van der Waals surface area contributed by atoms with Gasteiger partial charge in [-0.25, -0.2) is 9.97 Å². The van der Waals surface area contributed by atoms with Crippen molar-refractivity contribution in [1.82, 2.24) is 24.0 Å². The number of morpholine rings is 1. The summed E-state index contributed by atoms with van der Waals surface area (Å²) in [6.45, 7) is 18.0. The summed E-state index contributed by atoms with van der Waals surface area (Å²) in [7, 11) is 1.64. The Hall–Kier alpha value is -5.31. The van der Waals surface area contributed by atoms with Crippen molar-refractivity contribution in [2.24, 2.45) is 12.5 Å². The zero-order valence-electron chi connectivity index (χ0n) is 34.4. The Morgan fingerprint density at radius 3 is 2.57 bits per heavy atom. The van der Waals surface area contributed by atoms with Gasteiger partial charge in [0, 0.05) is 86.8 Å². The van der Waals surface area contributed by atoms with Gasteiger partial charge in [0.2, 0.25) is 5.91 Å². The predicted molar refractivity (Wildman–Crippen MR) is 226 cm³/mol. The van der Waals surface area contributed by atoms with Gasteiger partial charge in [0.05, 0.1) is 35.9 Å². The minimum Gasteiger partial charge on any atom is -0.392 e. The number of fused-ring (bicyclic) bond motifs is 3. The Balaban J connectivity index is 1.06. The second-order valence-electron chi connectivity index (χ2n) is 17.3. The van der Waals surface area contributed by atoms with Crippen LogP contribution in [-0.4, -0.2) is 91.4 Å². The van der Waals surface area contributed by atoms with Crippen molar-refractivity contribution in [2.75, 3.05) is 46.6 Å². The molecular weight excluding hydrogens is 735 g/mol. The Labute approximate surface area is 339 Å². The molecule has 4 aliphatic rings. The molecule has 1 unspecified atom stereocenters. The highest BCUT2D eigenvalue weighted by molar-refractivity contribution is 6.06. The van der Waals surface area contributed by atoms with Crippen LogP contribution in [0.15, 0.2) is 60.2 Å². The first-order valence-electron chi connectivity index (χ1n) is 20.4. The normalized spacial score (nSPS) is 23.1. The van der Waals surface area contributed by atoms with E-state index in [0.717, 1.165) is 51.0 Å². The van der Waals surface area contributed by atoms with Crippen LogP contribution in [0.3, 0.4) is 0 Å². The van der Waals surface area contributed by atoms with Gasteiger partial charge in [0.1, 0.15) is 11.5 Å². The van der Waals surface area contributed by atoms with Gasteiger partial charge in [-0.3, -0.25) is 24.2 Å².